The van der Waals surface area contributed by atoms with Crippen molar-refractivity contribution in [3.05, 3.63) is 70.8 Å². The smallest absolute Gasteiger partial charge is 0.345 e. The number of hydrogen-bond acceptors (Lipinski definition) is 9. The molecule has 15 nitrogen and oxygen atoms in total. The normalized spacial score (nSPS) is 12.5. The average Bonchev–Trinajstić information content (AvgIpc) is 3.22. The predicted molar refractivity (Wildman–Crippen MR) is 258 cm³/mol. The topological polar surface area (TPSA) is 195 Å². The van der Waals surface area contributed by atoms with Crippen LogP contribution in [0.15, 0.2) is 48.5 Å². The second-order valence-corrected chi connectivity index (χ2v) is 22.1. The molecule has 1 aromatic heterocycles. The number of ether oxygens (including phenoxy) is 3. The van der Waals surface area contributed by atoms with E-state index >= 15 is 0 Å². The zero-order valence-corrected chi connectivity index (χ0v) is 41.8. The molecule has 0 aliphatic rings. The highest BCUT2D eigenvalue weighted by Gasteiger charge is 2.28. The summed E-state index contributed by atoms with van der Waals surface area (Å²) in [5, 5.41) is 10.6. The first-order chi connectivity index (χ1) is 31.0. The summed E-state index contributed by atoms with van der Waals surface area (Å²) in [4.78, 5) is 26.5. The molecule has 1 heterocycles. The Balaban J connectivity index is 1.63. The van der Waals surface area contributed by atoms with Crippen LogP contribution in [0.4, 0.5) is 0 Å². The second-order valence-electron chi connectivity index (χ2n) is 18.9. The monoisotopic (exact) mass is 960 g/mol. The number of esters is 1. The third kappa shape index (κ3) is 17.7. The molecule has 0 unspecified atom stereocenters. The Bertz CT molecular complexity index is 2480. The summed E-state index contributed by atoms with van der Waals surface area (Å²) in [5.41, 5.74) is 2.47. The second kappa shape index (κ2) is 24.6. The van der Waals surface area contributed by atoms with Gasteiger partial charge in [0.25, 0.3) is 20.2 Å². The van der Waals surface area contributed by atoms with Crippen LogP contribution in [0.5, 0.6) is 17.2 Å². The number of fused-ring (bicyclic) bond motifs is 2. The van der Waals surface area contributed by atoms with Gasteiger partial charge in [-0.3, -0.25) is 9.11 Å². The first kappa shape index (κ1) is 54.2. The van der Waals surface area contributed by atoms with E-state index in [2.05, 4.69) is 21.0 Å². The van der Waals surface area contributed by atoms with Crippen LogP contribution >= 0.6 is 0 Å². The van der Waals surface area contributed by atoms with Crippen molar-refractivity contribution >= 4 is 54.0 Å². The van der Waals surface area contributed by atoms with Gasteiger partial charge in [-0.15, -0.1) is 0 Å². The molecule has 0 aliphatic carbocycles. The summed E-state index contributed by atoms with van der Waals surface area (Å²) >= 11 is 0. The zero-order valence-electron chi connectivity index (χ0n) is 40.1. The zero-order chi connectivity index (χ0) is 48.7. The molecule has 0 amide bonds. The Labute approximate surface area is 392 Å². The van der Waals surface area contributed by atoms with Gasteiger partial charge in [0.2, 0.25) is 11.0 Å². The van der Waals surface area contributed by atoms with Crippen molar-refractivity contribution in [3.8, 4) is 17.2 Å². The number of nitrogens with zero attached hydrogens (tertiary/aromatic N) is 3. The molecule has 66 heavy (non-hydrogen) atoms. The van der Waals surface area contributed by atoms with Crippen molar-refractivity contribution in [2.45, 2.75) is 104 Å². The third-order valence-corrected chi connectivity index (χ3v) is 13.7. The van der Waals surface area contributed by atoms with Gasteiger partial charge >= 0.3 is 11.9 Å². The van der Waals surface area contributed by atoms with Gasteiger partial charge in [-0.05, 0) is 119 Å². The van der Waals surface area contributed by atoms with Gasteiger partial charge in [0.05, 0.1) is 101 Å². The Kier molecular flexibility index (Phi) is 20.2. The van der Waals surface area contributed by atoms with Gasteiger partial charge in [0, 0.05) is 25.0 Å². The molecule has 0 atom stereocenters. The fraction of sp³-hybridized carbons (Fsp3) is 0.571. The van der Waals surface area contributed by atoms with Gasteiger partial charge in [-0.2, -0.15) is 21.4 Å². The number of hydrogen-bond donors (Lipinski definition) is 3. The highest BCUT2D eigenvalue weighted by atomic mass is 32.2. The van der Waals surface area contributed by atoms with E-state index in [1.807, 2.05) is 36.9 Å². The Morgan fingerprint density at radius 1 is 0.606 bits per heavy atom. The van der Waals surface area contributed by atoms with Crippen molar-refractivity contribution in [1.29, 1.82) is 0 Å². The predicted octanol–water partition coefficient (Wildman–Crippen LogP) is 8.20. The maximum atomic E-state index is 14.7. The van der Waals surface area contributed by atoms with Crippen LogP contribution in [0, 0.1) is 13.8 Å². The maximum Gasteiger partial charge on any atom is 0.345 e. The lowest BCUT2D eigenvalue weighted by Gasteiger charge is -2.29. The molecule has 0 bridgehead atoms. The van der Waals surface area contributed by atoms with Crippen molar-refractivity contribution in [3.63, 3.8) is 0 Å². The van der Waals surface area contributed by atoms with Crippen molar-refractivity contribution in [2.75, 3.05) is 79.1 Å². The molecule has 0 aliphatic heterocycles. The van der Waals surface area contributed by atoms with Gasteiger partial charge < -0.3 is 28.3 Å². The number of carboxylic acid groups (broad SMARTS) is 1. The van der Waals surface area contributed by atoms with Crippen LogP contribution in [-0.4, -0.2) is 131 Å². The molecule has 17 heteroatoms. The van der Waals surface area contributed by atoms with E-state index in [-0.39, 0.29) is 35.6 Å². The number of unbranched alkanes of at least 4 members (excludes halogenated alkanes) is 7. The number of benzene rings is 3. The summed E-state index contributed by atoms with van der Waals surface area (Å²) in [5.74, 6) is -1.19. The van der Waals surface area contributed by atoms with E-state index in [1.165, 1.54) is 31.5 Å². The number of pyridine rings is 1. The summed E-state index contributed by atoms with van der Waals surface area (Å²) in [7, 11) is 0.433. The lowest BCUT2D eigenvalue weighted by molar-refractivity contribution is -0.890. The van der Waals surface area contributed by atoms with E-state index in [9.17, 15) is 36.1 Å². The molecule has 0 saturated heterocycles. The van der Waals surface area contributed by atoms with Crippen molar-refractivity contribution < 1.29 is 68.4 Å². The number of aromatic carboxylic acids is 1. The minimum atomic E-state index is -4.25. The highest BCUT2D eigenvalue weighted by Crippen LogP contribution is 2.34. The highest BCUT2D eigenvalue weighted by molar-refractivity contribution is 7.86. The van der Waals surface area contributed by atoms with E-state index in [0.717, 1.165) is 68.9 Å². The van der Waals surface area contributed by atoms with Gasteiger partial charge in [0.15, 0.2) is 6.54 Å². The van der Waals surface area contributed by atoms with Crippen LogP contribution < -0.4 is 18.8 Å². The van der Waals surface area contributed by atoms with E-state index in [4.69, 9.17) is 18.8 Å². The Morgan fingerprint density at radius 3 is 1.50 bits per heavy atom. The van der Waals surface area contributed by atoms with Crippen molar-refractivity contribution in [2.24, 2.45) is 0 Å². The van der Waals surface area contributed by atoms with E-state index in [0.29, 0.717) is 75.1 Å². The molecule has 0 fully saturated rings. The summed E-state index contributed by atoms with van der Waals surface area (Å²) in [6.07, 6.45) is 10.5. The van der Waals surface area contributed by atoms with Crippen LogP contribution in [-0.2, 0) is 26.8 Å². The number of rotatable bonds is 30. The fourth-order valence-corrected chi connectivity index (χ4v) is 9.44. The molecular weight excluding hydrogens is 887 g/mol. The average molecular weight is 961 g/mol. The summed E-state index contributed by atoms with van der Waals surface area (Å²) in [6.45, 7) is 10.5. The van der Waals surface area contributed by atoms with Crippen LogP contribution in [0.3, 0.4) is 0 Å². The maximum absolute atomic E-state index is 14.7. The van der Waals surface area contributed by atoms with E-state index < -0.39 is 37.9 Å². The third-order valence-electron chi connectivity index (χ3n) is 12.1. The number of carbonyl (C=O) groups is 2. The first-order valence-corrected chi connectivity index (χ1v) is 26.5. The standard InChI is InChI=1S/C49H71N3O12S2/c1-8-9-25-51(4,5)26-14-10-12-16-29-62-40-20-22-44-42(35-40)46(49(55)64-47-37(2)33-39(48(53)54)34-38(47)3)43-36-41(21-23-45(43)50(44)24-18-31-65(56,57)58)63-30-17-13-11-15-27-52(6,7)28-19-32-66(59,60)61/h20-23,33-36H,8-19,24-32H2,1-7H3/p+3. The van der Waals surface area contributed by atoms with Gasteiger partial charge in [0.1, 0.15) is 17.2 Å². The number of aromatic nitrogens is 1. The minimum Gasteiger partial charge on any atom is -0.494 e. The Hall–Kier alpha value is -4.39. The van der Waals surface area contributed by atoms with E-state index in [1.54, 1.807) is 32.0 Å². The largest absolute Gasteiger partial charge is 0.494 e. The van der Waals surface area contributed by atoms with Crippen LogP contribution in [0.25, 0.3) is 21.8 Å². The molecular formula is C49H74N3O12S2+3. The van der Waals surface area contributed by atoms with Crippen LogP contribution in [0.1, 0.15) is 116 Å². The fourth-order valence-electron chi connectivity index (χ4n) is 8.46. The minimum absolute atomic E-state index is 0.0710. The number of aryl methyl sites for hydroxylation is 3. The SMILES string of the molecule is CCCC[N+](C)(C)CCCCCCOc1ccc2c(c1)c(C(=O)Oc1c(C)cc(C(=O)O)cc1C)c1cc(OCCCCCC[N+](C)(C)CCCS(=O)(=O)O)ccc1[n+]2CCCS(=O)(=O)O. The quantitative estimate of drug-likeness (QED) is 0.00864. The molecule has 4 aromatic rings. The van der Waals surface area contributed by atoms with Gasteiger partial charge in [-0.25, -0.2) is 9.59 Å². The lowest BCUT2D eigenvalue weighted by atomic mass is 10.0. The summed E-state index contributed by atoms with van der Waals surface area (Å²) in [6, 6.07) is 13.8. The molecule has 4 rings (SSSR count). The molecule has 0 radical (unpaired) electrons. The molecule has 3 aromatic carbocycles. The van der Waals surface area contributed by atoms with Crippen molar-refractivity contribution in [1.82, 2.24) is 0 Å². The molecule has 0 spiro atoms. The Morgan fingerprint density at radius 2 is 1.05 bits per heavy atom. The molecule has 3 N–H and O–H groups in total. The molecule has 366 valence electrons. The summed E-state index contributed by atoms with van der Waals surface area (Å²) < 4.78 is 86.9. The van der Waals surface area contributed by atoms with Crippen LogP contribution in [0.2, 0.25) is 0 Å². The number of carboxylic acids is 1. The molecule has 0 saturated carbocycles. The first-order valence-electron chi connectivity index (χ1n) is 23.3. The number of quaternary nitrogens is 2. The van der Waals surface area contributed by atoms with Gasteiger partial charge in [-0.1, -0.05) is 13.3 Å². The number of carbonyl (C=O) groups excluding carboxylic acids is 1. The lowest BCUT2D eigenvalue weighted by Crippen LogP contribution is -2.41.